The van der Waals surface area contributed by atoms with Crippen LogP contribution in [0.25, 0.3) is 0 Å². The topological polar surface area (TPSA) is 64.6 Å². The van der Waals surface area contributed by atoms with Crippen LogP contribution in [0.3, 0.4) is 0 Å². The molecule has 1 heterocycles. The van der Waals surface area contributed by atoms with Gasteiger partial charge in [-0.1, -0.05) is 29.3 Å². The third kappa shape index (κ3) is 3.10. The highest BCUT2D eigenvalue weighted by molar-refractivity contribution is 6.35. The Morgan fingerprint density at radius 3 is 2.05 bits per heavy atom. The molecule has 1 aliphatic rings. The molecule has 0 aromatic heterocycles. The minimum Gasteiger partial charge on any atom is -0.466 e. The molecule has 5 nitrogen and oxygen atoms in total. The van der Waals surface area contributed by atoms with Crippen molar-refractivity contribution in [2.75, 3.05) is 14.2 Å². The Kier molecular flexibility index (Phi) is 5.11. The van der Waals surface area contributed by atoms with Gasteiger partial charge in [-0.15, -0.1) is 0 Å². The number of esters is 2. The number of rotatable bonds is 3. The molecule has 1 N–H and O–H groups in total. The van der Waals surface area contributed by atoms with Gasteiger partial charge in [-0.3, -0.25) is 0 Å². The number of ether oxygens (including phenoxy) is 2. The van der Waals surface area contributed by atoms with Crippen LogP contribution in [0.2, 0.25) is 10.0 Å². The zero-order valence-corrected chi connectivity index (χ0v) is 13.4. The molecule has 0 saturated heterocycles. The van der Waals surface area contributed by atoms with Crippen molar-refractivity contribution >= 4 is 35.1 Å². The number of hydrogen-bond acceptors (Lipinski definition) is 5. The van der Waals surface area contributed by atoms with Gasteiger partial charge in [-0.2, -0.15) is 0 Å². The molecule has 22 heavy (non-hydrogen) atoms. The highest BCUT2D eigenvalue weighted by Crippen LogP contribution is 2.39. The van der Waals surface area contributed by atoms with Gasteiger partial charge >= 0.3 is 11.9 Å². The molecule has 0 radical (unpaired) electrons. The summed E-state index contributed by atoms with van der Waals surface area (Å²) in [4.78, 5) is 24.0. The summed E-state index contributed by atoms with van der Waals surface area (Å²) in [5.41, 5.74) is 1.05. The molecule has 116 valence electrons. The van der Waals surface area contributed by atoms with E-state index in [2.05, 4.69) is 5.32 Å². The summed E-state index contributed by atoms with van der Waals surface area (Å²) in [6, 6.07) is 4.84. The summed E-state index contributed by atoms with van der Waals surface area (Å²) < 4.78 is 9.54. The van der Waals surface area contributed by atoms with Gasteiger partial charge in [0.1, 0.15) is 0 Å². The lowest BCUT2D eigenvalue weighted by atomic mass is 9.83. The van der Waals surface area contributed by atoms with E-state index in [1.54, 1.807) is 18.2 Å². The molecule has 0 saturated carbocycles. The van der Waals surface area contributed by atoms with Gasteiger partial charge in [0, 0.05) is 22.4 Å². The van der Waals surface area contributed by atoms with Crippen LogP contribution in [0.5, 0.6) is 0 Å². The zero-order valence-electron chi connectivity index (χ0n) is 11.9. The maximum Gasteiger partial charge on any atom is 0.336 e. The van der Waals surface area contributed by atoms with Crippen LogP contribution < -0.4 is 5.32 Å². The Morgan fingerprint density at radius 1 is 1.05 bits per heavy atom. The van der Waals surface area contributed by atoms with Crippen molar-refractivity contribution in [2.45, 2.75) is 5.92 Å². The number of carbonyl (C=O) groups is 2. The third-order valence-electron chi connectivity index (χ3n) is 3.22. The van der Waals surface area contributed by atoms with Crippen LogP contribution in [0.15, 0.2) is 41.7 Å². The number of benzene rings is 1. The summed E-state index contributed by atoms with van der Waals surface area (Å²) >= 11 is 12.1. The Labute approximate surface area is 137 Å². The van der Waals surface area contributed by atoms with E-state index in [0.717, 1.165) is 0 Å². The SMILES string of the molecule is COC(=O)C1=CNC=C(C(=O)OC)C1c1ccc(Cl)cc1Cl. The first-order valence-electron chi connectivity index (χ1n) is 6.27. The zero-order chi connectivity index (χ0) is 16.3. The summed E-state index contributed by atoms with van der Waals surface area (Å²) in [7, 11) is 2.53. The lowest BCUT2D eigenvalue weighted by Crippen LogP contribution is -2.26. The first-order valence-corrected chi connectivity index (χ1v) is 7.03. The van der Waals surface area contributed by atoms with Gasteiger partial charge in [0.2, 0.25) is 0 Å². The lowest BCUT2D eigenvalue weighted by molar-refractivity contribution is -0.137. The van der Waals surface area contributed by atoms with Crippen LogP contribution in [0.1, 0.15) is 11.5 Å². The monoisotopic (exact) mass is 341 g/mol. The predicted molar refractivity (Wildman–Crippen MR) is 82.5 cm³/mol. The van der Waals surface area contributed by atoms with Gasteiger partial charge in [0.15, 0.2) is 0 Å². The average Bonchev–Trinajstić information content (AvgIpc) is 2.53. The third-order valence-corrected chi connectivity index (χ3v) is 3.78. The Morgan fingerprint density at radius 2 is 1.59 bits per heavy atom. The fourth-order valence-electron chi connectivity index (χ4n) is 2.22. The summed E-state index contributed by atoms with van der Waals surface area (Å²) in [6.45, 7) is 0. The molecule has 1 aromatic carbocycles. The molecule has 0 fully saturated rings. The van der Waals surface area contributed by atoms with Gasteiger partial charge in [0.25, 0.3) is 0 Å². The van der Waals surface area contributed by atoms with Crippen molar-refractivity contribution in [2.24, 2.45) is 0 Å². The van der Waals surface area contributed by atoms with E-state index in [0.29, 0.717) is 15.6 Å². The van der Waals surface area contributed by atoms with Crippen molar-refractivity contribution in [3.8, 4) is 0 Å². The Hall–Kier alpha value is -1.98. The number of methoxy groups -OCH3 is 2. The van der Waals surface area contributed by atoms with Gasteiger partial charge in [-0.25, -0.2) is 9.59 Å². The smallest absolute Gasteiger partial charge is 0.336 e. The molecular formula is C15H13Cl2NO4. The number of dihydropyridines is 1. The van der Waals surface area contributed by atoms with Crippen molar-refractivity contribution in [1.82, 2.24) is 5.32 Å². The lowest BCUT2D eigenvalue weighted by Gasteiger charge is -2.25. The van der Waals surface area contributed by atoms with Crippen molar-refractivity contribution in [1.29, 1.82) is 0 Å². The van der Waals surface area contributed by atoms with Crippen LogP contribution >= 0.6 is 23.2 Å². The highest BCUT2D eigenvalue weighted by atomic mass is 35.5. The van der Waals surface area contributed by atoms with E-state index < -0.39 is 17.9 Å². The average molecular weight is 342 g/mol. The van der Waals surface area contributed by atoms with Gasteiger partial charge < -0.3 is 14.8 Å². The van der Waals surface area contributed by atoms with Crippen LogP contribution in [-0.4, -0.2) is 26.2 Å². The van der Waals surface area contributed by atoms with E-state index in [1.807, 2.05) is 0 Å². The van der Waals surface area contributed by atoms with Gasteiger partial charge in [0.05, 0.1) is 31.3 Å². The second kappa shape index (κ2) is 6.85. The van der Waals surface area contributed by atoms with E-state index >= 15 is 0 Å². The largest absolute Gasteiger partial charge is 0.466 e. The minimum atomic E-state index is -0.703. The van der Waals surface area contributed by atoms with E-state index in [-0.39, 0.29) is 11.1 Å². The Bertz CT molecular complexity index is 650. The number of nitrogens with one attached hydrogen (secondary N) is 1. The molecular weight excluding hydrogens is 329 g/mol. The van der Waals surface area contributed by atoms with Crippen LogP contribution in [-0.2, 0) is 19.1 Å². The number of carbonyl (C=O) groups excluding carboxylic acids is 2. The predicted octanol–water partition coefficient (Wildman–Crippen LogP) is 2.79. The van der Waals surface area contributed by atoms with Crippen molar-refractivity contribution < 1.29 is 19.1 Å². The molecule has 0 atom stereocenters. The molecule has 0 unspecified atom stereocenters. The van der Waals surface area contributed by atoms with Crippen molar-refractivity contribution in [3.05, 3.63) is 57.4 Å². The van der Waals surface area contributed by atoms with E-state index in [9.17, 15) is 9.59 Å². The second-order valence-electron chi connectivity index (χ2n) is 4.45. The standard InChI is InChI=1S/C15H13Cl2NO4/c1-21-14(19)10-6-18-7-11(15(20)22-2)13(10)9-4-3-8(16)5-12(9)17/h3-7,13,18H,1-2H3. The van der Waals surface area contributed by atoms with E-state index in [4.69, 9.17) is 32.7 Å². The summed E-state index contributed by atoms with van der Waals surface area (Å²) in [5, 5.41) is 3.54. The first-order chi connectivity index (χ1) is 10.5. The fraction of sp³-hybridized carbons (Fsp3) is 0.200. The second-order valence-corrected chi connectivity index (χ2v) is 5.29. The van der Waals surface area contributed by atoms with Gasteiger partial charge in [-0.05, 0) is 17.7 Å². The Balaban J connectivity index is 2.57. The van der Waals surface area contributed by atoms with E-state index in [1.165, 1.54) is 26.6 Å². The molecule has 0 bridgehead atoms. The highest BCUT2D eigenvalue weighted by Gasteiger charge is 2.34. The fourth-order valence-corrected chi connectivity index (χ4v) is 2.73. The normalized spacial score (nSPS) is 14.5. The quantitative estimate of drug-likeness (QED) is 0.856. The maximum absolute atomic E-state index is 12.0. The molecule has 0 aliphatic carbocycles. The minimum absolute atomic E-state index is 0.245. The summed E-state index contributed by atoms with van der Waals surface area (Å²) in [5.74, 6) is -1.85. The molecule has 1 aromatic rings. The molecule has 2 rings (SSSR count). The van der Waals surface area contributed by atoms with Crippen LogP contribution in [0, 0.1) is 0 Å². The first kappa shape index (κ1) is 16.4. The molecule has 1 aliphatic heterocycles. The molecule has 0 spiro atoms. The molecule has 0 amide bonds. The number of halogens is 2. The number of hydrogen-bond donors (Lipinski definition) is 1. The van der Waals surface area contributed by atoms with Crippen molar-refractivity contribution in [3.63, 3.8) is 0 Å². The van der Waals surface area contributed by atoms with Crippen LogP contribution in [0.4, 0.5) is 0 Å². The summed E-state index contributed by atoms with van der Waals surface area (Å²) in [6.07, 6.45) is 2.93. The molecule has 7 heteroatoms. The maximum atomic E-state index is 12.0.